The largest absolute Gasteiger partial charge is 0.405 e. The van der Waals surface area contributed by atoms with Gasteiger partial charge in [0.25, 0.3) is 0 Å². The number of alkyl halides is 3. The molecule has 0 aromatic carbocycles. The Bertz CT molecular complexity index is 199. The SMILES string of the molecule is CCCN(C1CC1)C(C(C)N)C(F)(F)F. The van der Waals surface area contributed by atoms with Gasteiger partial charge < -0.3 is 5.73 Å². The Labute approximate surface area is 88.6 Å². The Kier molecular flexibility index (Phi) is 4.00. The Morgan fingerprint density at radius 2 is 1.93 bits per heavy atom. The quantitative estimate of drug-likeness (QED) is 0.775. The lowest BCUT2D eigenvalue weighted by molar-refractivity contribution is -0.189. The molecule has 0 aliphatic heterocycles. The highest BCUT2D eigenvalue weighted by Gasteiger charge is 2.49. The Balaban J connectivity index is 2.74. The van der Waals surface area contributed by atoms with E-state index in [1.54, 1.807) is 0 Å². The van der Waals surface area contributed by atoms with Gasteiger partial charge in [-0.15, -0.1) is 0 Å². The van der Waals surface area contributed by atoms with Gasteiger partial charge in [0.1, 0.15) is 6.04 Å². The van der Waals surface area contributed by atoms with Crippen molar-refractivity contribution in [1.29, 1.82) is 0 Å². The summed E-state index contributed by atoms with van der Waals surface area (Å²) in [6.07, 6.45) is -1.74. The van der Waals surface area contributed by atoms with Crippen LogP contribution in [0.1, 0.15) is 33.1 Å². The molecule has 2 nitrogen and oxygen atoms in total. The average Bonchev–Trinajstić information content (AvgIpc) is 2.81. The fourth-order valence-corrected chi connectivity index (χ4v) is 2.00. The van der Waals surface area contributed by atoms with Crippen molar-refractivity contribution in [2.24, 2.45) is 5.73 Å². The average molecular weight is 224 g/mol. The van der Waals surface area contributed by atoms with Crippen molar-refractivity contribution in [2.45, 2.75) is 57.4 Å². The molecule has 1 saturated carbocycles. The second-order valence-electron chi connectivity index (χ2n) is 4.31. The molecule has 0 amide bonds. The topological polar surface area (TPSA) is 29.3 Å². The maximum absolute atomic E-state index is 12.8. The lowest BCUT2D eigenvalue weighted by Crippen LogP contribution is -2.56. The van der Waals surface area contributed by atoms with E-state index in [1.807, 2.05) is 6.92 Å². The van der Waals surface area contributed by atoms with E-state index in [0.717, 1.165) is 19.3 Å². The minimum atomic E-state index is -4.22. The summed E-state index contributed by atoms with van der Waals surface area (Å²) in [4.78, 5) is 1.53. The van der Waals surface area contributed by atoms with Crippen LogP contribution in [0.25, 0.3) is 0 Å². The van der Waals surface area contributed by atoms with Crippen LogP contribution in [-0.4, -0.2) is 35.7 Å². The zero-order valence-corrected chi connectivity index (χ0v) is 9.22. The molecule has 0 radical (unpaired) electrons. The summed E-state index contributed by atoms with van der Waals surface area (Å²) in [5.41, 5.74) is 5.46. The molecule has 0 bridgehead atoms. The van der Waals surface area contributed by atoms with Gasteiger partial charge in [-0.2, -0.15) is 13.2 Å². The third-order valence-corrected chi connectivity index (χ3v) is 2.69. The fraction of sp³-hybridized carbons (Fsp3) is 1.00. The molecule has 2 atom stereocenters. The number of hydrogen-bond donors (Lipinski definition) is 1. The molecular weight excluding hydrogens is 205 g/mol. The summed E-state index contributed by atoms with van der Waals surface area (Å²) >= 11 is 0. The van der Waals surface area contributed by atoms with Crippen LogP contribution in [0.5, 0.6) is 0 Å². The van der Waals surface area contributed by atoms with Gasteiger partial charge in [0.15, 0.2) is 0 Å². The molecule has 1 aliphatic rings. The first-order chi connectivity index (χ1) is 6.88. The highest BCUT2D eigenvalue weighted by Crippen LogP contribution is 2.35. The van der Waals surface area contributed by atoms with E-state index in [2.05, 4.69) is 0 Å². The van der Waals surface area contributed by atoms with E-state index in [1.165, 1.54) is 11.8 Å². The number of nitrogens with zero attached hydrogens (tertiary/aromatic N) is 1. The number of hydrogen-bond acceptors (Lipinski definition) is 2. The van der Waals surface area contributed by atoms with Gasteiger partial charge in [-0.25, -0.2) is 0 Å². The summed E-state index contributed by atoms with van der Waals surface area (Å²) in [5.74, 6) is 0. The molecule has 0 aromatic heterocycles. The predicted molar refractivity (Wildman–Crippen MR) is 53.5 cm³/mol. The molecule has 15 heavy (non-hydrogen) atoms. The van der Waals surface area contributed by atoms with Crippen molar-refractivity contribution in [2.75, 3.05) is 6.54 Å². The van der Waals surface area contributed by atoms with Gasteiger partial charge in [0.05, 0.1) is 0 Å². The summed E-state index contributed by atoms with van der Waals surface area (Å²) in [6.45, 7) is 3.81. The highest BCUT2D eigenvalue weighted by molar-refractivity contribution is 4.94. The molecular formula is C10H19F3N2. The van der Waals surface area contributed by atoms with Crippen LogP contribution in [0.3, 0.4) is 0 Å². The van der Waals surface area contributed by atoms with Gasteiger partial charge >= 0.3 is 6.18 Å². The third-order valence-electron chi connectivity index (χ3n) is 2.69. The smallest absolute Gasteiger partial charge is 0.326 e. The second kappa shape index (κ2) is 4.70. The zero-order valence-electron chi connectivity index (χ0n) is 9.22. The Hall–Kier alpha value is -0.290. The van der Waals surface area contributed by atoms with Gasteiger partial charge in [0.2, 0.25) is 0 Å². The maximum Gasteiger partial charge on any atom is 0.405 e. The molecule has 0 heterocycles. The first-order valence-electron chi connectivity index (χ1n) is 5.46. The highest BCUT2D eigenvalue weighted by atomic mass is 19.4. The van der Waals surface area contributed by atoms with Crippen LogP contribution < -0.4 is 5.73 Å². The van der Waals surface area contributed by atoms with E-state index in [-0.39, 0.29) is 6.04 Å². The van der Waals surface area contributed by atoms with Gasteiger partial charge in [-0.05, 0) is 32.7 Å². The minimum absolute atomic E-state index is 0.0996. The van der Waals surface area contributed by atoms with E-state index in [4.69, 9.17) is 5.73 Å². The van der Waals surface area contributed by atoms with Crippen molar-refractivity contribution < 1.29 is 13.2 Å². The number of rotatable bonds is 5. The standard InChI is InChI=1S/C10H19F3N2/c1-3-6-15(8-4-5-8)9(7(2)14)10(11,12)13/h7-9H,3-6,14H2,1-2H3. The van der Waals surface area contributed by atoms with Crippen LogP contribution in [0.2, 0.25) is 0 Å². The summed E-state index contributed by atoms with van der Waals surface area (Å²) in [6, 6.07) is -2.25. The Morgan fingerprint density at radius 3 is 2.20 bits per heavy atom. The van der Waals surface area contributed by atoms with E-state index in [9.17, 15) is 13.2 Å². The minimum Gasteiger partial charge on any atom is -0.326 e. The molecule has 90 valence electrons. The molecule has 0 aromatic rings. The molecule has 5 heteroatoms. The molecule has 1 aliphatic carbocycles. The van der Waals surface area contributed by atoms with Crippen LogP contribution in [-0.2, 0) is 0 Å². The van der Waals surface area contributed by atoms with Crippen molar-refractivity contribution >= 4 is 0 Å². The van der Waals surface area contributed by atoms with E-state index in [0.29, 0.717) is 6.54 Å². The molecule has 0 saturated heterocycles. The van der Waals surface area contributed by atoms with Crippen LogP contribution in [0.4, 0.5) is 13.2 Å². The van der Waals surface area contributed by atoms with Gasteiger partial charge in [0, 0.05) is 12.1 Å². The molecule has 2 N–H and O–H groups in total. The number of nitrogens with two attached hydrogens (primary N) is 1. The van der Waals surface area contributed by atoms with Crippen LogP contribution >= 0.6 is 0 Å². The number of halogens is 3. The monoisotopic (exact) mass is 224 g/mol. The molecule has 1 fully saturated rings. The Morgan fingerprint density at radius 1 is 1.40 bits per heavy atom. The summed E-state index contributed by atoms with van der Waals surface area (Å²) in [5, 5.41) is 0. The molecule has 1 rings (SSSR count). The van der Waals surface area contributed by atoms with Crippen molar-refractivity contribution in [3.8, 4) is 0 Å². The molecule has 2 unspecified atom stereocenters. The van der Waals surface area contributed by atoms with E-state index < -0.39 is 18.3 Å². The van der Waals surface area contributed by atoms with Gasteiger partial charge in [-0.1, -0.05) is 6.92 Å². The normalized spacial score (nSPS) is 21.8. The lowest BCUT2D eigenvalue weighted by atomic mass is 10.1. The predicted octanol–water partition coefficient (Wildman–Crippen LogP) is 2.14. The summed E-state index contributed by atoms with van der Waals surface area (Å²) < 4.78 is 38.4. The first kappa shape index (κ1) is 12.8. The van der Waals surface area contributed by atoms with Crippen LogP contribution in [0, 0.1) is 0 Å². The summed E-state index contributed by atoms with van der Waals surface area (Å²) in [7, 11) is 0. The van der Waals surface area contributed by atoms with Gasteiger partial charge in [-0.3, -0.25) is 4.90 Å². The van der Waals surface area contributed by atoms with Crippen molar-refractivity contribution in [1.82, 2.24) is 4.90 Å². The van der Waals surface area contributed by atoms with E-state index >= 15 is 0 Å². The van der Waals surface area contributed by atoms with Crippen molar-refractivity contribution in [3.63, 3.8) is 0 Å². The fourth-order valence-electron chi connectivity index (χ4n) is 2.00. The zero-order chi connectivity index (χ0) is 11.6. The first-order valence-corrected chi connectivity index (χ1v) is 5.46. The maximum atomic E-state index is 12.8. The third kappa shape index (κ3) is 3.34. The van der Waals surface area contributed by atoms with Crippen molar-refractivity contribution in [3.05, 3.63) is 0 Å². The van der Waals surface area contributed by atoms with Crippen LogP contribution in [0.15, 0.2) is 0 Å². The lowest BCUT2D eigenvalue weighted by Gasteiger charge is -2.35. The molecule has 0 spiro atoms. The second-order valence-corrected chi connectivity index (χ2v) is 4.31.